The normalized spacial score (nSPS) is 16.4. The van der Waals surface area contributed by atoms with Gasteiger partial charge in [0.1, 0.15) is 0 Å². The molecular formula is C17H20Cl2N4O2. The summed E-state index contributed by atoms with van der Waals surface area (Å²) in [5.41, 5.74) is 3.15. The summed E-state index contributed by atoms with van der Waals surface area (Å²) in [6.45, 7) is 0.494. The number of aromatic amines is 1. The van der Waals surface area contributed by atoms with Crippen LogP contribution >= 0.6 is 23.2 Å². The molecule has 1 aliphatic rings. The highest BCUT2D eigenvalue weighted by Crippen LogP contribution is 2.23. The van der Waals surface area contributed by atoms with Gasteiger partial charge in [0, 0.05) is 24.8 Å². The quantitative estimate of drug-likeness (QED) is 0.743. The smallest absolute Gasteiger partial charge is 0.318 e. The topological polar surface area (TPSA) is 81.2 Å². The zero-order chi connectivity index (χ0) is 17.8. The third-order valence-electron chi connectivity index (χ3n) is 4.36. The van der Waals surface area contributed by atoms with Crippen LogP contribution in [-0.2, 0) is 19.4 Å². The second-order valence-electron chi connectivity index (χ2n) is 6.16. The number of carbonyl (C=O) groups is 1. The molecular weight excluding hydrogens is 363 g/mol. The molecule has 0 radical (unpaired) electrons. The van der Waals surface area contributed by atoms with Crippen molar-refractivity contribution in [2.45, 2.75) is 31.8 Å². The molecule has 0 saturated heterocycles. The molecule has 1 unspecified atom stereocenters. The Morgan fingerprint density at radius 2 is 2.24 bits per heavy atom. The van der Waals surface area contributed by atoms with Gasteiger partial charge in [-0.3, -0.25) is 5.10 Å². The molecule has 2 aromatic rings. The van der Waals surface area contributed by atoms with Crippen molar-refractivity contribution in [2.75, 3.05) is 13.2 Å². The Kier molecular flexibility index (Phi) is 5.83. The van der Waals surface area contributed by atoms with Crippen LogP contribution in [-0.4, -0.2) is 45.4 Å². The number of aliphatic hydroxyl groups excluding tert-OH is 1. The van der Waals surface area contributed by atoms with Crippen molar-refractivity contribution in [2.24, 2.45) is 0 Å². The molecule has 0 aliphatic heterocycles. The fourth-order valence-electron chi connectivity index (χ4n) is 3.04. The van der Waals surface area contributed by atoms with E-state index in [0.717, 1.165) is 36.1 Å². The summed E-state index contributed by atoms with van der Waals surface area (Å²) in [5, 5.41) is 20.3. The lowest BCUT2D eigenvalue weighted by Gasteiger charge is -2.28. The van der Waals surface area contributed by atoms with Crippen molar-refractivity contribution >= 4 is 29.2 Å². The second-order valence-corrected chi connectivity index (χ2v) is 6.97. The van der Waals surface area contributed by atoms with Gasteiger partial charge < -0.3 is 15.3 Å². The molecule has 3 rings (SSSR count). The molecule has 8 heteroatoms. The Bertz CT molecular complexity index is 750. The maximum absolute atomic E-state index is 12.6. The van der Waals surface area contributed by atoms with Crippen molar-refractivity contribution < 1.29 is 9.90 Å². The van der Waals surface area contributed by atoms with Gasteiger partial charge in [0.25, 0.3) is 0 Å². The predicted molar refractivity (Wildman–Crippen MR) is 96.9 cm³/mol. The third kappa shape index (κ3) is 4.45. The Morgan fingerprint density at radius 3 is 3.00 bits per heavy atom. The standard InChI is InChI=1S/C17H20Cl2N4O2/c18-14-3-1-11(7-15(14)19)10-23(5-6-24)17(25)21-13-2-4-16-12(8-13)9-20-22-16/h1,3,7,9,13,24H,2,4-6,8,10H2,(H,20,22)(H,21,25). The molecule has 0 bridgehead atoms. The highest BCUT2D eigenvalue weighted by Gasteiger charge is 2.23. The Morgan fingerprint density at radius 1 is 1.40 bits per heavy atom. The first-order chi connectivity index (χ1) is 12.1. The summed E-state index contributed by atoms with van der Waals surface area (Å²) >= 11 is 12.0. The van der Waals surface area contributed by atoms with E-state index in [1.165, 1.54) is 0 Å². The molecule has 0 spiro atoms. The van der Waals surface area contributed by atoms with E-state index in [0.29, 0.717) is 16.6 Å². The van der Waals surface area contributed by atoms with Crippen molar-refractivity contribution in [3.63, 3.8) is 0 Å². The summed E-state index contributed by atoms with van der Waals surface area (Å²) in [7, 11) is 0. The SMILES string of the molecule is O=C(NC1CCc2[nH]ncc2C1)N(CCO)Cc1ccc(Cl)c(Cl)c1. The number of aryl methyl sites for hydroxylation is 1. The highest BCUT2D eigenvalue weighted by molar-refractivity contribution is 6.42. The van der Waals surface area contributed by atoms with Gasteiger partial charge in [-0.05, 0) is 42.5 Å². The van der Waals surface area contributed by atoms with E-state index in [2.05, 4.69) is 15.5 Å². The maximum Gasteiger partial charge on any atom is 0.318 e. The van der Waals surface area contributed by atoms with Crippen LogP contribution in [0.2, 0.25) is 10.0 Å². The van der Waals surface area contributed by atoms with Crippen LogP contribution in [0.3, 0.4) is 0 Å². The number of rotatable bonds is 5. The van der Waals surface area contributed by atoms with Gasteiger partial charge in [0.2, 0.25) is 0 Å². The number of fused-ring (bicyclic) bond motifs is 1. The zero-order valence-electron chi connectivity index (χ0n) is 13.6. The second kappa shape index (κ2) is 8.08. The van der Waals surface area contributed by atoms with Crippen LogP contribution in [0.1, 0.15) is 23.2 Å². The average molecular weight is 383 g/mol. The fourth-order valence-corrected chi connectivity index (χ4v) is 3.36. The molecule has 134 valence electrons. The first-order valence-electron chi connectivity index (χ1n) is 8.18. The van der Waals surface area contributed by atoms with Gasteiger partial charge in [-0.25, -0.2) is 4.79 Å². The lowest BCUT2D eigenvalue weighted by atomic mass is 9.94. The van der Waals surface area contributed by atoms with Crippen LogP contribution in [0.4, 0.5) is 4.79 Å². The molecule has 0 fully saturated rings. The van der Waals surface area contributed by atoms with E-state index in [-0.39, 0.29) is 25.2 Å². The summed E-state index contributed by atoms with van der Waals surface area (Å²) in [6.07, 6.45) is 4.31. The van der Waals surface area contributed by atoms with Gasteiger partial charge in [0.15, 0.2) is 0 Å². The summed E-state index contributed by atoms with van der Waals surface area (Å²) < 4.78 is 0. The summed E-state index contributed by atoms with van der Waals surface area (Å²) in [4.78, 5) is 14.2. The molecule has 0 saturated carbocycles. The summed E-state index contributed by atoms with van der Waals surface area (Å²) in [5.74, 6) is 0. The number of aromatic nitrogens is 2. The van der Waals surface area contributed by atoms with Gasteiger partial charge in [0.05, 0.1) is 22.8 Å². The van der Waals surface area contributed by atoms with Crippen molar-refractivity contribution in [1.82, 2.24) is 20.4 Å². The van der Waals surface area contributed by atoms with Crippen LogP contribution in [0.15, 0.2) is 24.4 Å². The average Bonchev–Trinajstić information content (AvgIpc) is 3.05. The highest BCUT2D eigenvalue weighted by atomic mass is 35.5. The molecule has 6 nitrogen and oxygen atoms in total. The molecule has 1 aromatic heterocycles. The Hall–Kier alpha value is -1.76. The van der Waals surface area contributed by atoms with Crippen LogP contribution in [0.5, 0.6) is 0 Å². The fraction of sp³-hybridized carbons (Fsp3) is 0.412. The minimum atomic E-state index is -0.197. The maximum atomic E-state index is 12.6. The van der Waals surface area contributed by atoms with Crippen molar-refractivity contribution in [3.8, 4) is 0 Å². The number of hydrogen-bond donors (Lipinski definition) is 3. The van der Waals surface area contributed by atoms with Crippen LogP contribution in [0.25, 0.3) is 0 Å². The number of carbonyl (C=O) groups excluding carboxylic acids is 1. The largest absolute Gasteiger partial charge is 0.395 e. The van der Waals surface area contributed by atoms with Gasteiger partial charge in [-0.15, -0.1) is 0 Å². The third-order valence-corrected chi connectivity index (χ3v) is 5.10. The zero-order valence-corrected chi connectivity index (χ0v) is 15.1. The van der Waals surface area contributed by atoms with Crippen LogP contribution < -0.4 is 5.32 Å². The minimum Gasteiger partial charge on any atom is -0.395 e. The van der Waals surface area contributed by atoms with E-state index >= 15 is 0 Å². The molecule has 1 heterocycles. The molecule has 1 aliphatic carbocycles. The Labute approximate surface area is 156 Å². The van der Waals surface area contributed by atoms with Crippen molar-refractivity contribution in [1.29, 1.82) is 0 Å². The molecule has 2 amide bonds. The van der Waals surface area contributed by atoms with E-state index < -0.39 is 0 Å². The number of nitrogens with zero attached hydrogens (tertiary/aromatic N) is 2. The molecule has 1 aromatic carbocycles. The van der Waals surface area contributed by atoms with Gasteiger partial charge in [-0.1, -0.05) is 29.3 Å². The number of urea groups is 1. The number of nitrogens with one attached hydrogen (secondary N) is 2. The number of H-pyrrole nitrogens is 1. The first-order valence-corrected chi connectivity index (χ1v) is 8.93. The number of hydrogen-bond acceptors (Lipinski definition) is 3. The van der Waals surface area contributed by atoms with Gasteiger partial charge in [-0.2, -0.15) is 5.10 Å². The lowest BCUT2D eigenvalue weighted by Crippen LogP contribution is -2.47. The number of halogens is 2. The van der Waals surface area contributed by atoms with E-state index in [1.54, 1.807) is 17.0 Å². The van der Waals surface area contributed by atoms with Crippen LogP contribution in [0, 0.1) is 0 Å². The molecule has 25 heavy (non-hydrogen) atoms. The number of benzene rings is 1. The molecule has 1 atom stereocenters. The minimum absolute atomic E-state index is 0.0626. The monoisotopic (exact) mass is 382 g/mol. The predicted octanol–water partition coefficient (Wildman–Crippen LogP) is 2.78. The lowest BCUT2D eigenvalue weighted by molar-refractivity contribution is 0.170. The van der Waals surface area contributed by atoms with E-state index in [9.17, 15) is 9.90 Å². The van der Waals surface area contributed by atoms with E-state index in [1.807, 2.05) is 12.3 Å². The van der Waals surface area contributed by atoms with Crippen molar-refractivity contribution in [3.05, 3.63) is 51.3 Å². The van der Waals surface area contributed by atoms with E-state index in [4.69, 9.17) is 23.2 Å². The Balaban J connectivity index is 1.63. The summed E-state index contributed by atoms with van der Waals surface area (Å²) in [6, 6.07) is 5.13. The first kappa shape index (κ1) is 18.0. The number of amides is 2. The number of aliphatic hydroxyl groups is 1. The molecule has 3 N–H and O–H groups in total. The van der Waals surface area contributed by atoms with Gasteiger partial charge >= 0.3 is 6.03 Å².